The second-order valence-electron chi connectivity index (χ2n) is 9.46. The smallest absolute Gasteiger partial charge is 0.123 e. The molecule has 2 fully saturated rings. The quantitative estimate of drug-likeness (QED) is 0.646. The molecule has 1 N–H and O–H groups in total. The fraction of sp³-hybridized carbons (Fsp3) is 0.538. The van der Waals surface area contributed by atoms with Gasteiger partial charge in [0.2, 0.25) is 0 Å². The van der Waals surface area contributed by atoms with Gasteiger partial charge in [-0.15, -0.1) is 0 Å². The van der Waals surface area contributed by atoms with Crippen molar-refractivity contribution in [2.75, 3.05) is 57.3 Å². The van der Waals surface area contributed by atoms with Crippen LogP contribution < -0.4 is 10.2 Å². The Morgan fingerprint density at radius 3 is 2.31 bits per heavy atom. The Morgan fingerprint density at radius 1 is 0.812 bits per heavy atom. The average Bonchev–Trinajstić information content (AvgIpc) is 3.13. The van der Waals surface area contributed by atoms with Gasteiger partial charge in [0.1, 0.15) is 11.6 Å². The van der Waals surface area contributed by atoms with Crippen molar-refractivity contribution in [3.8, 4) is 0 Å². The number of fused-ring (bicyclic) bond motifs is 3. The molecule has 2 atom stereocenters. The molecule has 0 amide bonds. The van der Waals surface area contributed by atoms with E-state index >= 15 is 0 Å². The molecule has 3 aliphatic rings. The van der Waals surface area contributed by atoms with Crippen LogP contribution in [0.5, 0.6) is 0 Å². The van der Waals surface area contributed by atoms with Crippen LogP contribution in [0.2, 0.25) is 0 Å². The fourth-order valence-corrected chi connectivity index (χ4v) is 5.76. The summed E-state index contributed by atoms with van der Waals surface area (Å²) in [7, 11) is 0. The predicted molar refractivity (Wildman–Crippen MR) is 126 cm³/mol. The van der Waals surface area contributed by atoms with Crippen LogP contribution in [0.3, 0.4) is 0 Å². The molecule has 0 saturated carbocycles. The number of nitrogens with zero attached hydrogens (tertiary/aromatic N) is 3. The van der Waals surface area contributed by atoms with Crippen molar-refractivity contribution in [1.29, 1.82) is 0 Å². The summed E-state index contributed by atoms with van der Waals surface area (Å²) in [5.41, 5.74) is 3.17. The number of piperidine rings is 1. The van der Waals surface area contributed by atoms with Gasteiger partial charge in [0.25, 0.3) is 0 Å². The summed E-state index contributed by atoms with van der Waals surface area (Å²) in [4.78, 5) is 7.44. The first-order chi connectivity index (χ1) is 15.7. The van der Waals surface area contributed by atoms with Crippen LogP contribution in [-0.4, -0.2) is 68.2 Å². The standard InChI is InChI=1S/C26H34F2N4/c27-20-4-7-22(8-5-20)32-25-9-6-21(28)18-23(25)24-19-31(15-10-26(24)32)14-3-1-2-13-30-16-11-29-12-17-30/h4-9,18,24,26,29H,1-3,10-17,19H2. The minimum Gasteiger partial charge on any atom is -0.337 e. The zero-order chi connectivity index (χ0) is 21.9. The van der Waals surface area contributed by atoms with Crippen molar-refractivity contribution >= 4 is 11.4 Å². The van der Waals surface area contributed by atoms with Crippen molar-refractivity contribution in [2.24, 2.45) is 0 Å². The highest BCUT2D eigenvalue weighted by Gasteiger charge is 2.42. The third-order valence-electron chi connectivity index (χ3n) is 7.40. The second-order valence-corrected chi connectivity index (χ2v) is 9.46. The van der Waals surface area contributed by atoms with Gasteiger partial charge >= 0.3 is 0 Å². The third-order valence-corrected chi connectivity index (χ3v) is 7.40. The molecular weight excluding hydrogens is 406 g/mol. The number of anilines is 2. The van der Waals surface area contributed by atoms with Gasteiger partial charge in [-0.1, -0.05) is 6.42 Å². The van der Waals surface area contributed by atoms with Crippen molar-refractivity contribution in [2.45, 2.75) is 37.6 Å². The Labute approximate surface area is 190 Å². The molecule has 172 valence electrons. The Balaban J connectivity index is 1.20. The molecule has 2 aromatic rings. The number of benzene rings is 2. The van der Waals surface area contributed by atoms with Gasteiger partial charge in [-0.05, 0) is 80.4 Å². The summed E-state index contributed by atoms with van der Waals surface area (Å²) in [6.45, 7) is 8.95. The molecule has 2 saturated heterocycles. The lowest BCUT2D eigenvalue weighted by molar-refractivity contribution is 0.190. The van der Waals surface area contributed by atoms with E-state index in [0.29, 0.717) is 12.0 Å². The maximum Gasteiger partial charge on any atom is 0.123 e. The van der Waals surface area contributed by atoms with Crippen LogP contribution in [0.1, 0.15) is 37.2 Å². The van der Waals surface area contributed by atoms with Crippen LogP contribution in [0, 0.1) is 11.6 Å². The first kappa shape index (κ1) is 21.8. The highest BCUT2D eigenvalue weighted by Crippen LogP contribution is 2.48. The highest BCUT2D eigenvalue weighted by atomic mass is 19.1. The van der Waals surface area contributed by atoms with E-state index in [9.17, 15) is 8.78 Å². The number of hydrogen-bond acceptors (Lipinski definition) is 4. The largest absolute Gasteiger partial charge is 0.337 e. The summed E-state index contributed by atoms with van der Waals surface area (Å²) in [6, 6.07) is 12.2. The average molecular weight is 441 g/mol. The third kappa shape index (κ3) is 4.68. The maximum absolute atomic E-state index is 14.2. The summed E-state index contributed by atoms with van der Waals surface area (Å²) in [6.07, 6.45) is 4.80. The lowest BCUT2D eigenvalue weighted by Gasteiger charge is -2.39. The number of piperazine rings is 1. The number of hydrogen-bond donors (Lipinski definition) is 1. The van der Waals surface area contributed by atoms with Gasteiger partial charge < -0.3 is 20.0 Å². The second kappa shape index (κ2) is 9.86. The Bertz CT molecular complexity index is 897. The highest BCUT2D eigenvalue weighted by molar-refractivity contribution is 5.73. The molecule has 0 aromatic heterocycles. The van der Waals surface area contributed by atoms with Crippen LogP contribution in [-0.2, 0) is 0 Å². The van der Waals surface area contributed by atoms with E-state index < -0.39 is 0 Å². The minimum atomic E-state index is -0.226. The van der Waals surface area contributed by atoms with Gasteiger partial charge in [0.15, 0.2) is 0 Å². The molecule has 0 radical (unpaired) electrons. The maximum atomic E-state index is 14.2. The monoisotopic (exact) mass is 440 g/mol. The van der Waals surface area contributed by atoms with E-state index in [1.54, 1.807) is 12.1 Å². The molecule has 0 bridgehead atoms. The predicted octanol–water partition coefficient (Wildman–Crippen LogP) is 4.35. The summed E-state index contributed by atoms with van der Waals surface area (Å²) >= 11 is 0. The number of nitrogens with one attached hydrogen (secondary N) is 1. The summed E-state index contributed by atoms with van der Waals surface area (Å²) < 4.78 is 27.7. The van der Waals surface area contributed by atoms with E-state index in [4.69, 9.17) is 0 Å². The summed E-state index contributed by atoms with van der Waals surface area (Å²) in [5.74, 6) is -0.107. The van der Waals surface area contributed by atoms with E-state index in [-0.39, 0.29) is 11.6 Å². The topological polar surface area (TPSA) is 21.8 Å². The van der Waals surface area contributed by atoms with E-state index in [0.717, 1.165) is 56.1 Å². The van der Waals surface area contributed by atoms with E-state index in [1.165, 1.54) is 51.0 Å². The van der Waals surface area contributed by atoms with Crippen LogP contribution in [0.15, 0.2) is 42.5 Å². The van der Waals surface area contributed by atoms with Gasteiger partial charge in [-0.3, -0.25) is 0 Å². The molecule has 2 unspecified atom stereocenters. The molecule has 6 heteroatoms. The molecule has 0 spiro atoms. The van der Waals surface area contributed by atoms with Crippen molar-refractivity contribution < 1.29 is 8.78 Å². The number of unbranched alkanes of at least 4 members (excludes halogenated alkanes) is 2. The molecule has 3 aliphatic heterocycles. The molecule has 4 nitrogen and oxygen atoms in total. The Kier molecular flexibility index (Phi) is 6.72. The molecule has 0 aliphatic carbocycles. The van der Waals surface area contributed by atoms with E-state index in [1.807, 2.05) is 18.2 Å². The first-order valence-electron chi connectivity index (χ1n) is 12.2. The van der Waals surface area contributed by atoms with Crippen LogP contribution in [0.25, 0.3) is 0 Å². The lowest BCUT2D eigenvalue weighted by Crippen LogP contribution is -2.45. The zero-order valence-corrected chi connectivity index (χ0v) is 18.8. The normalized spacial score (nSPS) is 23.9. The number of likely N-dealkylation sites (tertiary alicyclic amines) is 1. The molecule has 2 aromatic carbocycles. The Hall–Kier alpha value is -2.02. The van der Waals surface area contributed by atoms with Gasteiger partial charge in [-0.2, -0.15) is 0 Å². The molecule has 5 rings (SSSR count). The van der Waals surface area contributed by atoms with Crippen molar-refractivity contribution in [3.05, 3.63) is 59.7 Å². The first-order valence-corrected chi connectivity index (χ1v) is 12.2. The van der Waals surface area contributed by atoms with E-state index in [2.05, 4.69) is 20.0 Å². The van der Waals surface area contributed by atoms with Crippen molar-refractivity contribution in [1.82, 2.24) is 15.1 Å². The SMILES string of the molecule is Fc1ccc(N2c3ccc(F)cc3C3CN(CCCCCN4CCNCC4)CCC32)cc1. The lowest BCUT2D eigenvalue weighted by atomic mass is 9.89. The number of halogens is 2. The van der Waals surface area contributed by atoms with Gasteiger partial charge in [0.05, 0.1) is 0 Å². The van der Waals surface area contributed by atoms with Crippen LogP contribution >= 0.6 is 0 Å². The Morgan fingerprint density at radius 2 is 1.53 bits per heavy atom. The molecule has 32 heavy (non-hydrogen) atoms. The minimum absolute atomic E-state index is 0.173. The van der Waals surface area contributed by atoms with Gasteiger partial charge in [0, 0.05) is 62.6 Å². The van der Waals surface area contributed by atoms with Gasteiger partial charge in [-0.25, -0.2) is 8.78 Å². The summed E-state index contributed by atoms with van der Waals surface area (Å²) in [5, 5.41) is 3.41. The number of rotatable bonds is 7. The van der Waals surface area contributed by atoms with Crippen LogP contribution in [0.4, 0.5) is 20.2 Å². The van der Waals surface area contributed by atoms with Crippen molar-refractivity contribution in [3.63, 3.8) is 0 Å². The fourth-order valence-electron chi connectivity index (χ4n) is 5.76. The zero-order valence-electron chi connectivity index (χ0n) is 18.8. The molecular formula is C26H34F2N4. The molecule has 3 heterocycles.